The molecule has 32 heavy (non-hydrogen) atoms. The fourth-order valence-corrected chi connectivity index (χ4v) is 5.06. The van der Waals surface area contributed by atoms with Gasteiger partial charge in [0.15, 0.2) is 0 Å². The molecule has 1 saturated heterocycles. The summed E-state index contributed by atoms with van der Waals surface area (Å²) >= 11 is 0. The van der Waals surface area contributed by atoms with E-state index >= 15 is 0 Å². The molecule has 0 aromatic carbocycles. The van der Waals surface area contributed by atoms with Gasteiger partial charge in [-0.05, 0) is 62.9 Å². The minimum absolute atomic E-state index is 0.393. The summed E-state index contributed by atoms with van der Waals surface area (Å²) < 4.78 is 0. The number of aryl methyl sites for hydroxylation is 1. The predicted octanol–water partition coefficient (Wildman–Crippen LogP) is 3.95. The fourth-order valence-electron chi connectivity index (χ4n) is 5.06. The molecule has 0 saturated carbocycles. The molecule has 2 aliphatic heterocycles. The maximum Gasteiger partial charge on any atom is 0.135 e. The van der Waals surface area contributed by atoms with E-state index in [1.54, 1.807) is 0 Å². The van der Waals surface area contributed by atoms with E-state index in [9.17, 15) is 0 Å². The van der Waals surface area contributed by atoms with Crippen LogP contribution < -0.4 is 4.90 Å². The molecule has 0 radical (unpaired) electrons. The van der Waals surface area contributed by atoms with Crippen molar-refractivity contribution in [2.75, 3.05) is 31.1 Å². The van der Waals surface area contributed by atoms with Gasteiger partial charge in [0, 0.05) is 74.1 Å². The van der Waals surface area contributed by atoms with Crippen LogP contribution in [0.3, 0.4) is 0 Å². The number of pyridine rings is 2. The molecule has 1 atom stereocenters. The number of piperidine rings is 1. The molecule has 0 spiro atoms. The van der Waals surface area contributed by atoms with Gasteiger partial charge < -0.3 is 4.90 Å². The van der Waals surface area contributed by atoms with E-state index < -0.39 is 0 Å². The fraction of sp³-hybridized carbons (Fsp3) is 0.462. The summed E-state index contributed by atoms with van der Waals surface area (Å²) in [6.45, 7) is 7.28. The number of aromatic nitrogens is 4. The standard InChI is InChI=1S/C26H32N6/c1-20-24-10-6-15-32(16-11-23-9-2-3-13-28-23)26(24)30-25(29-20)22-8-5-14-31(19-22)18-21-7-4-12-27-17-21/h2-4,7,9,12-13,17,22H,5-6,8,10-11,14-16,18-19H2,1H3/t22-/m1/s1. The van der Waals surface area contributed by atoms with Gasteiger partial charge in [0.1, 0.15) is 11.6 Å². The van der Waals surface area contributed by atoms with Crippen LogP contribution in [0.4, 0.5) is 5.82 Å². The highest BCUT2D eigenvalue weighted by atomic mass is 15.2. The SMILES string of the molecule is Cc1nc([C@@H]2CCCN(Cc3cccnc3)C2)nc2c1CCCN2CCc1ccccn1. The number of rotatable bonds is 6. The number of nitrogens with zero attached hydrogens (tertiary/aromatic N) is 6. The van der Waals surface area contributed by atoms with Crippen molar-refractivity contribution < 1.29 is 0 Å². The first-order valence-corrected chi connectivity index (χ1v) is 11.9. The smallest absolute Gasteiger partial charge is 0.135 e. The number of anilines is 1. The van der Waals surface area contributed by atoms with Crippen LogP contribution in [0.15, 0.2) is 48.9 Å². The highest BCUT2D eigenvalue weighted by Crippen LogP contribution is 2.32. The van der Waals surface area contributed by atoms with Crippen molar-refractivity contribution in [3.05, 3.63) is 77.3 Å². The van der Waals surface area contributed by atoms with Crippen molar-refractivity contribution in [3.63, 3.8) is 0 Å². The first-order chi connectivity index (χ1) is 15.8. The van der Waals surface area contributed by atoms with Crippen LogP contribution in [0, 0.1) is 6.92 Å². The second kappa shape index (κ2) is 9.74. The molecule has 0 N–H and O–H groups in total. The Labute approximate surface area is 190 Å². The molecule has 5 heterocycles. The summed E-state index contributed by atoms with van der Waals surface area (Å²) in [5.74, 6) is 2.59. The van der Waals surface area contributed by atoms with Gasteiger partial charge >= 0.3 is 0 Å². The maximum absolute atomic E-state index is 5.19. The molecule has 6 nitrogen and oxygen atoms in total. The van der Waals surface area contributed by atoms with Crippen LogP contribution in [-0.4, -0.2) is 51.0 Å². The van der Waals surface area contributed by atoms with Crippen molar-refractivity contribution in [1.82, 2.24) is 24.8 Å². The van der Waals surface area contributed by atoms with Crippen LogP contribution >= 0.6 is 0 Å². The lowest BCUT2D eigenvalue weighted by atomic mass is 9.95. The predicted molar refractivity (Wildman–Crippen MR) is 127 cm³/mol. The van der Waals surface area contributed by atoms with Gasteiger partial charge in [-0.1, -0.05) is 12.1 Å². The first-order valence-electron chi connectivity index (χ1n) is 11.9. The molecule has 3 aromatic rings. The summed E-state index contributed by atoms with van der Waals surface area (Å²) in [5.41, 5.74) is 4.92. The minimum Gasteiger partial charge on any atom is -0.356 e. The zero-order chi connectivity index (χ0) is 21.8. The van der Waals surface area contributed by atoms with Crippen LogP contribution in [-0.2, 0) is 19.4 Å². The van der Waals surface area contributed by atoms with Crippen LogP contribution in [0.1, 0.15) is 53.5 Å². The zero-order valence-electron chi connectivity index (χ0n) is 19.0. The average Bonchev–Trinajstić information content (AvgIpc) is 2.84. The molecule has 5 rings (SSSR count). The van der Waals surface area contributed by atoms with Gasteiger partial charge in [-0.15, -0.1) is 0 Å². The van der Waals surface area contributed by atoms with Crippen molar-refractivity contribution in [1.29, 1.82) is 0 Å². The van der Waals surface area contributed by atoms with E-state index in [4.69, 9.17) is 9.97 Å². The van der Waals surface area contributed by atoms with Gasteiger partial charge in [0.2, 0.25) is 0 Å². The van der Waals surface area contributed by atoms with E-state index in [0.717, 1.165) is 69.2 Å². The van der Waals surface area contributed by atoms with Crippen LogP contribution in [0.5, 0.6) is 0 Å². The molecule has 0 bridgehead atoms. The Hall–Kier alpha value is -2.86. The minimum atomic E-state index is 0.393. The Bertz CT molecular complexity index is 1020. The molecule has 0 aliphatic carbocycles. The summed E-state index contributed by atoms with van der Waals surface area (Å²) in [7, 11) is 0. The zero-order valence-corrected chi connectivity index (χ0v) is 19.0. The molecule has 0 unspecified atom stereocenters. The Kier molecular flexibility index (Phi) is 6.39. The lowest BCUT2D eigenvalue weighted by molar-refractivity contribution is 0.196. The molecular formula is C26H32N6. The van der Waals surface area contributed by atoms with E-state index in [2.05, 4.69) is 44.9 Å². The number of hydrogen-bond acceptors (Lipinski definition) is 6. The molecule has 0 amide bonds. The van der Waals surface area contributed by atoms with Gasteiger partial charge in [0.05, 0.1) is 0 Å². The van der Waals surface area contributed by atoms with Gasteiger partial charge in [-0.2, -0.15) is 0 Å². The maximum atomic E-state index is 5.19. The van der Waals surface area contributed by atoms with E-state index in [1.807, 2.05) is 30.7 Å². The second-order valence-electron chi connectivity index (χ2n) is 9.07. The lowest BCUT2D eigenvalue weighted by Gasteiger charge is -2.34. The van der Waals surface area contributed by atoms with E-state index in [1.165, 1.54) is 29.8 Å². The number of fused-ring (bicyclic) bond motifs is 1. The van der Waals surface area contributed by atoms with Crippen molar-refractivity contribution >= 4 is 5.82 Å². The quantitative estimate of drug-likeness (QED) is 0.593. The van der Waals surface area contributed by atoms with Crippen molar-refractivity contribution in [2.45, 2.75) is 51.5 Å². The highest BCUT2D eigenvalue weighted by molar-refractivity contribution is 5.51. The van der Waals surface area contributed by atoms with Crippen LogP contribution in [0.25, 0.3) is 0 Å². The Balaban J connectivity index is 1.33. The molecular weight excluding hydrogens is 396 g/mol. The Morgan fingerprint density at radius 3 is 2.84 bits per heavy atom. The first kappa shape index (κ1) is 21.0. The summed E-state index contributed by atoms with van der Waals surface area (Å²) in [5, 5.41) is 0. The van der Waals surface area contributed by atoms with E-state index in [0.29, 0.717) is 5.92 Å². The van der Waals surface area contributed by atoms with E-state index in [-0.39, 0.29) is 0 Å². The topological polar surface area (TPSA) is 58.0 Å². The van der Waals surface area contributed by atoms with Gasteiger partial charge in [-0.3, -0.25) is 14.9 Å². The molecule has 2 aliphatic rings. The third-order valence-electron chi connectivity index (χ3n) is 6.73. The van der Waals surface area contributed by atoms with Crippen molar-refractivity contribution in [2.24, 2.45) is 0 Å². The molecule has 1 fully saturated rings. The van der Waals surface area contributed by atoms with Gasteiger partial charge in [-0.25, -0.2) is 9.97 Å². The highest BCUT2D eigenvalue weighted by Gasteiger charge is 2.27. The normalized spacial score (nSPS) is 19.0. The Morgan fingerprint density at radius 1 is 1.03 bits per heavy atom. The lowest BCUT2D eigenvalue weighted by Crippen LogP contribution is -2.36. The summed E-state index contributed by atoms with van der Waals surface area (Å²) in [6.07, 6.45) is 11.2. The third kappa shape index (κ3) is 4.80. The molecule has 6 heteroatoms. The molecule has 166 valence electrons. The summed E-state index contributed by atoms with van der Waals surface area (Å²) in [4.78, 5) is 24.0. The Morgan fingerprint density at radius 2 is 2.00 bits per heavy atom. The monoisotopic (exact) mass is 428 g/mol. The average molecular weight is 429 g/mol. The van der Waals surface area contributed by atoms with Crippen LogP contribution in [0.2, 0.25) is 0 Å². The summed E-state index contributed by atoms with van der Waals surface area (Å²) in [6, 6.07) is 10.3. The number of likely N-dealkylation sites (tertiary alicyclic amines) is 1. The van der Waals surface area contributed by atoms with Gasteiger partial charge in [0.25, 0.3) is 0 Å². The largest absolute Gasteiger partial charge is 0.356 e. The van der Waals surface area contributed by atoms with Crippen molar-refractivity contribution in [3.8, 4) is 0 Å². The second-order valence-corrected chi connectivity index (χ2v) is 9.07. The number of hydrogen-bond donors (Lipinski definition) is 0. The third-order valence-corrected chi connectivity index (χ3v) is 6.73. The molecule has 3 aromatic heterocycles.